The van der Waals surface area contributed by atoms with Crippen molar-refractivity contribution in [2.24, 2.45) is 4.99 Å². The number of nitrogens with one attached hydrogen (secondary N) is 1. The van der Waals surface area contributed by atoms with E-state index in [1.165, 1.54) is 20.9 Å². The number of thiophene rings is 1. The first kappa shape index (κ1) is 11.5. The molecule has 2 aromatic rings. The summed E-state index contributed by atoms with van der Waals surface area (Å²) in [6.45, 7) is 4.39. The molecule has 1 atom stereocenters. The molecule has 3 heteroatoms. The number of rotatable bonds is 2. The van der Waals surface area contributed by atoms with Crippen molar-refractivity contribution in [1.29, 1.82) is 0 Å². The molecule has 1 aliphatic rings. The van der Waals surface area contributed by atoms with Crippen LogP contribution in [0, 0.1) is 6.92 Å². The Balaban J connectivity index is 2.10. The molecule has 0 spiro atoms. The van der Waals surface area contributed by atoms with Gasteiger partial charge in [-0.1, -0.05) is 25.1 Å². The van der Waals surface area contributed by atoms with Gasteiger partial charge in [-0.15, -0.1) is 11.3 Å². The molecule has 1 aliphatic heterocycles. The first-order chi connectivity index (χ1) is 8.79. The van der Waals surface area contributed by atoms with E-state index in [0.717, 1.165) is 12.1 Å². The third-order valence-electron chi connectivity index (χ3n) is 3.30. The lowest BCUT2D eigenvalue weighted by atomic mass is 9.99. The van der Waals surface area contributed by atoms with Crippen LogP contribution in [0.5, 0.6) is 0 Å². The molecule has 1 unspecified atom stereocenters. The number of aliphatic imine (C=N–C) groups is 1. The smallest absolute Gasteiger partial charge is 0.0894 e. The van der Waals surface area contributed by atoms with E-state index in [1.807, 2.05) is 23.7 Å². The summed E-state index contributed by atoms with van der Waals surface area (Å²) in [6, 6.07) is 10.9. The van der Waals surface area contributed by atoms with E-state index in [0.29, 0.717) is 0 Å². The lowest BCUT2D eigenvalue weighted by Gasteiger charge is -2.23. The average Bonchev–Trinajstić information content (AvgIpc) is 2.79. The summed E-state index contributed by atoms with van der Waals surface area (Å²) in [4.78, 5) is 7.20. The Morgan fingerprint density at radius 2 is 2.17 bits per heavy atom. The maximum atomic E-state index is 4.40. The fraction of sp³-hybridized carbons (Fsp3) is 0.267. The van der Waals surface area contributed by atoms with Crippen LogP contribution in [0.3, 0.4) is 0 Å². The van der Waals surface area contributed by atoms with Gasteiger partial charge >= 0.3 is 0 Å². The number of aryl methyl sites for hydroxylation is 2. The van der Waals surface area contributed by atoms with Crippen molar-refractivity contribution in [3.63, 3.8) is 0 Å². The van der Waals surface area contributed by atoms with Crippen LogP contribution < -0.4 is 5.32 Å². The van der Waals surface area contributed by atoms with E-state index in [4.69, 9.17) is 0 Å². The molecule has 0 saturated carbocycles. The molecule has 3 rings (SSSR count). The second-order valence-corrected chi connectivity index (χ2v) is 5.80. The van der Waals surface area contributed by atoms with Crippen molar-refractivity contribution < 1.29 is 0 Å². The minimum Gasteiger partial charge on any atom is -0.364 e. The molecule has 92 valence electrons. The summed E-state index contributed by atoms with van der Waals surface area (Å²) in [5, 5.41) is 3.40. The second-order valence-electron chi connectivity index (χ2n) is 4.52. The fourth-order valence-electron chi connectivity index (χ4n) is 2.44. The molecule has 0 fully saturated rings. The highest BCUT2D eigenvalue weighted by Gasteiger charge is 2.22. The van der Waals surface area contributed by atoms with Gasteiger partial charge in [0.2, 0.25) is 0 Å². The average molecular weight is 256 g/mol. The van der Waals surface area contributed by atoms with Crippen LogP contribution in [0.15, 0.2) is 35.3 Å². The topological polar surface area (TPSA) is 24.4 Å². The fourth-order valence-corrected chi connectivity index (χ4v) is 3.64. The van der Waals surface area contributed by atoms with Crippen molar-refractivity contribution in [3.8, 4) is 0 Å². The van der Waals surface area contributed by atoms with E-state index in [2.05, 4.69) is 48.4 Å². The number of hydrogen-bond acceptors (Lipinski definition) is 3. The molecule has 2 heterocycles. The maximum absolute atomic E-state index is 4.40. The van der Waals surface area contributed by atoms with Gasteiger partial charge < -0.3 is 5.32 Å². The highest BCUT2D eigenvalue weighted by molar-refractivity contribution is 7.12. The van der Waals surface area contributed by atoms with Gasteiger partial charge in [0.15, 0.2) is 0 Å². The summed E-state index contributed by atoms with van der Waals surface area (Å²) in [5.41, 5.74) is 3.80. The summed E-state index contributed by atoms with van der Waals surface area (Å²) < 4.78 is 0. The lowest BCUT2D eigenvalue weighted by molar-refractivity contribution is 0.767. The van der Waals surface area contributed by atoms with Gasteiger partial charge in [-0.25, -0.2) is 4.99 Å². The van der Waals surface area contributed by atoms with Crippen LogP contribution in [0.2, 0.25) is 0 Å². The van der Waals surface area contributed by atoms with E-state index < -0.39 is 0 Å². The highest BCUT2D eigenvalue weighted by atomic mass is 32.1. The predicted octanol–water partition coefficient (Wildman–Crippen LogP) is 3.97. The summed E-state index contributed by atoms with van der Waals surface area (Å²) in [7, 11) is 0. The molecule has 0 aliphatic carbocycles. The van der Waals surface area contributed by atoms with Crippen molar-refractivity contribution in [2.45, 2.75) is 26.3 Å². The quantitative estimate of drug-likeness (QED) is 0.863. The van der Waals surface area contributed by atoms with Crippen LogP contribution >= 0.6 is 11.3 Å². The SMILES string of the molecule is CCc1cc(C)sc1C1NC=Nc2ccccc21. The van der Waals surface area contributed by atoms with Crippen LogP contribution in [-0.4, -0.2) is 6.34 Å². The van der Waals surface area contributed by atoms with Crippen LogP contribution in [0.25, 0.3) is 0 Å². The molecule has 0 amide bonds. The van der Waals surface area contributed by atoms with E-state index >= 15 is 0 Å². The number of benzene rings is 1. The molecular weight excluding hydrogens is 240 g/mol. The van der Waals surface area contributed by atoms with Gasteiger partial charge in [0.05, 0.1) is 18.1 Å². The van der Waals surface area contributed by atoms with Gasteiger partial charge in [-0.2, -0.15) is 0 Å². The Kier molecular flexibility index (Phi) is 2.92. The number of nitrogens with zero attached hydrogens (tertiary/aromatic N) is 1. The summed E-state index contributed by atoms with van der Waals surface area (Å²) >= 11 is 1.88. The Bertz CT molecular complexity index is 598. The Labute approximate surface area is 111 Å². The molecular formula is C15H16N2S. The van der Waals surface area contributed by atoms with Gasteiger partial charge in [-0.05, 0) is 31.0 Å². The van der Waals surface area contributed by atoms with E-state index in [1.54, 1.807) is 0 Å². The normalized spacial score (nSPS) is 17.3. The number of para-hydroxylation sites is 1. The minimum atomic E-state index is 0.257. The summed E-state index contributed by atoms with van der Waals surface area (Å²) in [5.74, 6) is 0. The van der Waals surface area contributed by atoms with Crippen LogP contribution in [0.4, 0.5) is 5.69 Å². The zero-order valence-corrected chi connectivity index (χ0v) is 11.4. The molecule has 0 bridgehead atoms. The standard InChI is InChI=1S/C15H16N2S/c1-3-11-8-10(2)18-15(11)14-12-6-4-5-7-13(12)16-9-17-14/h4-9,14H,3H2,1-2H3,(H,16,17). The molecule has 0 radical (unpaired) electrons. The van der Waals surface area contributed by atoms with Crippen molar-refractivity contribution in [1.82, 2.24) is 5.32 Å². The third kappa shape index (κ3) is 1.85. The number of fused-ring (bicyclic) bond motifs is 1. The molecule has 1 N–H and O–H groups in total. The van der Waals surface area contributed by atoms with Gasteiger partial charge in [0, 0.05) is 15.3 Å². The molecule has 18 heavy (non-hydrogen) atoms. The van der Waals surface area contributed by atoms with Crippen LogP contribution in [-0.2, 0) is 6.42 Å². The second kappa shape index (κ2) is 4.58. The first-order valence-electron chi connectivity index (χ1n) is 6.26. The van der Waals surface area contributed by atoms with Crippen molar-refractivity contribution in [3.05, 3.63) is 51.2 Å². The van der Waals surface area contributed by atoms with Gasteiger partial charge in [0.25, 0.3) is 0 Å². The largest absolute Gasteiger partial charge is 0.364 e. The zero-order chi connectivity index (χ0) is 12.5. The van der Waals surface area contributed by atoms with Crippen LogP contribution in [0.1, 0.15) is 33.8 Å². The predicted molar refractivity (Wildman–Crippen MR) is 78.0 cm³/mol. The Morgan fingerprint density at radius 1 is 1.33 bits per heavy atom. The van der Waals surface area contributed by atoms with Crippen molar-refractivity contribution in [2.75, 3.05) is 0 Å². The molecule has 1 aromatic carbocycles. The monoisotopic (exact) mass is 256 g/mol. The third-order valence-corrected chi connectivity index (χ3v) is 4.46. The first-order valence-corrected chi connectivity index (χ1v) is 7.08. The zero-order valence-electron chi connectivity index (χ0n) is 10.6. The lowest BCUT2D eigenvalue weighted by Crippen LogP contribution is -2.23. The Morgan fingerprint density at radius 3 is 3.00 bits per heavy atom. The minimum absolute atomic E-state index is 0.257. The van der Waals surface area contributed by atoms with Gasteiger partial charge in [0.1, 0.15) is 0 Å². The summed E-state index contributed by atoms with van der Waals surface area (Å²) in [6.07, 6.45) is 2.90. The number of hydrogen-bond donors (Lipinski definition) is 1. The molecule has 0 saturated heterocycles. The molecule has 2 nitrogen and oxygen atoms in total. The van der Waals surface area contributed by atoms with E-state index in [9.17, 15) is 0 Å². The van der Waals surface area contributed by atoms with Crippen molar-refractivity contribution >= 4 is 23.4 Å². The van der Waals surface area contributed by atoms with Gasteiger partial charge in [-0.3, -0.25) is 0 Å². The van der Waals surface area contributed by atoms with E-state index in [-0.39, 0.29) is 6.04 Å². The Hall–Kier alpha value is -1.61. The highest BCUT2D eigenvalue weighted by Crippen LogP contribution is 2.37. The maximum Gasteiger partial charge on any atom is 0.0894 e. The molecule has 1 aromatic heterocycles.